The van der Waals surface area contributed by atoms with Crippen LogP contribution in [0, 0.1) is 0 Å². The molecule has 0 amide bonds. The molecule has 2 aromatic heterocycles. The second-order valence-corrected chi connectivity index (χ2v) is 7.57. The highest BCUT2D eigenvalue weighted by atomic mass is 32.1. The molecule has 3 heterocycles. The Bertz CT molecular complexity index is 925. The van der Waals surface area contributed by atoms with Gasteiger partial charge in [0.1, 0.15) is 0 Å². The minimum atomic E-state index is 0.0472. The van der Waals surface area contributed by atoms with Crippen molar-refractivity contribution in [3.63, 3.8) is 0 Å². The van der Waals surface area contributed by atoms with Gasteiger partial charge in [0, 0.05) is 43.4 Å². The van der Waals surface area contributed by atoms with Gasteiger partial charge in [0.2, 0.25) is 0 Å². The van der Waals surface area contributed by atoms with Crippen molar-refractivity contribution < 1.29 is 0 Å². The van der Waals surface area contributed by atoms with Crippen molar-refractivity contribution in [2.24, 2.45) is 0 Å². The Hall–Kier alpha value is -2.86. The molecule has 5 nitrogen and oxygen atoms in total. The van der Waals surface area contributed by atoms with Crippen molar-refractivity contribution in [2.45, 2.75) is 32.0 Å². The molecule has 0 spiro atoms. The molecule has 1 aliphatic heterocycles. The summed E-state index contributed by atoms with van der Waals surface area (Å²) < 4.78 is 2.30. The maximum Gasteiger partial charge on any atom is 0.170 e. The normalized spacial score (nSPS) is 18.7. The van der Waals surface area contributed by atoms with Gasteiger partial charge in [-0.1, -0.05) is 24.3 Å². The summed E-state index contributed by atoms with van der Waals surface area (Å²) in [5.41, 5.74) is 3.44. The van der Waals surface area contributed by atoms with Crippen LogP contribution in [-0.4, -0.2) is 32.7 Å². The lowest BCUT2D eigenvalue weighted by Crippen LogP contribution is -2.32. The number of aryl methyl sites for hydroxylation is 1. The second kappa shape index (κ2) is 9.09. The van der Waals surface area contributed by atoms with E-state index in [1.807, 2.05) is 36.5 Å². The van der Waals surface area contributed by atoms with Crippen LogP contribution in [0.15, 0.2) is 73.1 Å². The van der Waals surface area contributed by atoms with E-state index in [9.17, 15) is 0 Å². The summed E-state index contributed by atoms with van der Waals surface area (Å²) in [7, 11) is 0. The number of hydrogen-bond donors (Lipinski definition) is 2. The molecule has 1 fully saturated rings. The van der Waals surface area contributed by atoms with Crippen molar-refractivity contribution in [2.75, 3.05) is 18.4 Å². The molecule has 2 N–H and O–H groups in total. The largest absolute Gasteiger partial charge is 0.385 e. The van der Waals surface area contributed by atoms with E-state index in [1.54, 1.807) is 0 Å². The molecule has 0 radical (unpaired) electrons. The second-order valence-electron chi connectivity index (χ2n) is 7.19. The van der Waals surface area contributed by atoms with Crippen LogP contribution in [0.4, 0.5) is 5.69 Å². The molecule has 1 aliphatic rings. The van der Waals surface area contributed by atoms with Crippen LogP contribution in [-0.2, 0) is 6.54 Å². The average Bonchev–Trinajstić information content (AvgIpc) is 3.36. The first-order valence-electron chi connectivity index (χ1n) is 10.2. The van der Waals surface area contributed by atoms with E-state index < -0.39 is 0 Å². The fourth-order valence-electron chi connectivity index (χ4n) is 3.99. The van der Waals surface area contributed by atoms with Gasteiger partial charge in [0.15, 0.2) is 5.11 Å². The number of rotatable bonds is 8. The van der Waals surface area contributed by atoms with Gasteiger partial charge < -0.3 is 20.1 Å². The van der Waals surface area contributed by atoms with Crippen molar-refractivity contribution in [3.8, 4) is 0 Å². The molecular weight excluding hydrogens is 378 g/mol. The number of anilines is 1. The smallest absolute Gasteiger partial charge is 0.170 e. The molecule has 3 aromatic rings. The fraction of sp³-hybridized carbons (Fsp3) is 0.304. The molecule has 4 rings (SSSR count). The van der Waals surface area contributed by atoms with Gasteiger partial charge in [-0.25, -0.2) is 0 Å². The van der Waals surface area contributed by atoms with Crippen molar-refractivity contribution in [3.05, 3.63) is 84.4 Å². The van der Waals surface area contributed by atoms with E-state index >= 15 is 0 Å². The monoisotopic (exact) mass is 405 g/mol. The summed E-state index contributed by atoms with van der Waals surface area (Å²) in [6, 6.07) is 20.9. The van der Waals surface area contributed by atoms with Gasteiger partial charge in [0.25, 0.3) is 0 Å². The molecule has 150 valence electrons. The standard InChI is InChI=1S/C23H27N5S/c1-2-27-16-8-13-20(27)22-21(19-12-6-7-14-25-19)26-23(29)28(22)17-9-15-24-18-10-4-3-5-11-18/h3-8,10-14,16,21-22,24H,2,9,15,17H2,1H3,(H,26,29)/t21-,22-/m1/s1. The Labute approximate surface area is 177 Å². The molecular formula is C23H27N5S. The van der Waals surface area contributed by atoms with E-state index in [2.05, 4.69) is 68.5 Å². The Balaban J connectivity index is 1.52. The van der Waals surface area contributed by atoms with Gasteiger partial charge in [0.05, 0.1) is 17.8 Å². The van der Waals surface area contributed by atoms with Crippen molar-refractivity contribution >= 4 is 23.0 Å². The number of nitrogens with one attached hydrogen (secondary N) is 2. The number of benzene rings is 1. The van der Waals surface area contributed by atoms with Crippen LogP contribution in [0.2, 0.25) is 0 Å². The third-order valence-corrected chi connectivity index (χ3v) is 5.74. The van der Waals surface area contributed by atoms with Gasteiger partial charge in [-0.15, -0.1) is 0 Å². The van der Waals surface area contributed by atoms with E-state index in [-0.39, 0.29) is 12.1 Å². The van der Waals surface area contributed by atoms with E-state index in [0.717, 1.165) is 42.5 Å². The predicted octanol–water partition coefficient (Wildman–Crippen LogP) is 4.38. The zero-order chi connectivity index (χ0) is 20.1. The lowest BCUT2D eigenvalue weighted by molar-refractivity contribution is 0.302. The maximum absolute atomic E-state index is 5.75. The molecule has 6 heteroatoms. The third-order valence-electron chi connectivity index (χ3n) is 5.38. The Kier molecular flexibility index (Phi) is 6.10. The summed E-state index contributed by atoms with van der Waals surface area (Å²) in [5, 5.41) is 7.82. The number of para-hydroxylation sites is 1. The van der Waals surface area contributed by atoms with E-state index in [0.29, 0.717) is 0 Å². The lowest BCUT2D eigenvalue weighted by atomic mass is 10.0. The highest BCUT2D eigenvalue weighted by Gasteiger charge is 2.40. The van der Waals surface area contributed by atoms with Gasteiger partial charge in [-0.05, 0) is 62.0 Å². The third kappa shape index (κ3) is 4.27. The van der Waals surface area contributed by atoms with Crippen LogP contribution in [0.1, 0.15) is 36.8 Å². The first-order chi connectivity index (χ1) is 14.3. The topological polar surface area (TPSA) is 45.1 Å². The Morgan fingerprint density at radius 1 is 1.07 bits per heavy atom. The Morgan fingerprint density at radius 3 is 2.66 bits per heavy atom. The van der Waals surface area contributed by atoms with Gasteiger partial charge in [-0.2, -0.15) is 0 Å². The van der Waals surface area contributed by atoms with Crippen LogP contribution < -0.4 is 10.6 Å². The highest BCUT2D eigenvalue weighted by Crippen LogP contribution is 2.38. The number of aromatic nitrogens is 2. The minimum Gasteiger partial charge on any atom is -0.385 e. The van der Waals surface area contributed by atoms with Crippen LogP contribution in [0.25, 0.3) is 0 Å². The molecule has 1 aromatic carbocycles. The number of thiocarbonyl (C=S) groups is 1. The van der Waals surface area contributed by atoms with Crippen molar-refractivity contribution in [1.29, 1.82) is 0 Å². The predicted molar refractivity (Wildman–Crippen MR) is 122 cm³/mol. The molecule has 0 aliphatic carbocycles. The number of nitrogens with zero attached hydrogens (tertiary/aromatic N) is 3. The lowest BCUT2D eigenvalue weighted by Gasteiger charge is -2.28. The SMILES string of the molecule is CCn1cccc1[C@@H]1[C@@H](c2ccccn2)NC(=S)N1CCCNc1ccccc1. The molecule has 0 unspecified atom stereocenters. The van der Waals surface area contributed by atoms with Gasteiger partial charge >= 0.3 is 0 Å². The summed E-state index contributed by atoms with van der Waals surface area (Å²) >= 11 is 5.75. The van der Waals surface area contributed by atoms with Crippen molar-refractivity contribution in [1.82, 2.24) is 19.8 Å². The first-order valence-corrected chi connectivity index (χ1v) is 10.6. The number of hydrogen-bond acceptors (Lipinski definition) is 3. The van der Waals surface area contributed by atoms with Gasteiger partial charge in [-0.3, -0.25) is 4.98 Å². The quantitative estimate of drug-likeness (QED) is 0.430. The van der Waals surface area contributed by atoms with E-state index in [1.165, 1.54) is 5.69 Å². The maximum atomic E-state index is 5.75. The number of pyridine rings is 1. The van der Waals surface area contributed by atoms with Crippen LogP contribution >= 0.6 is 12.2 Å². The van der Waals surface area contributed by atoms with E-state index in [4.69, 9.17) is 12.2 Å². The molecule has 1 saturated heterocycles. The Morgan fingerprint density at radius 2 is 1.90 bits per heavy atom. The summed E-state index contributed by atoms with van der Waals surface area (Å²) in [6.07, 6.45) is 4.98. The zero-order valence-corrected chi connectivity index (χ0v) is 17.5. The molecule has 29 heavy (non-hydrogen) atoms. The first kappa shape index (κ1) is 19.5. The molecule has 2 atom stereocenters. The van der Waals surface area contributed by atoms with Crippen LogP contribution in [0.5, 0.6) is 0 Å². The molecule has 0 bridgehead atoms. The molecule has 0 saturated carbocycles. The van der Waals surface area contributed by atoms with Crippen LogP contribution in [0.3, 0.4) is 0 Å². The fourth-order valence-corrected chi connectivity index (χ4v) is 4.32. The zero-order valence-electron chi connectivity index (χ0n) is 16.7. The summed E-state index contributed by atoms with van der Waals surface area (Å²) in [6.45, 7) is 4.89. The minimum absolute atomic E-state index is 0.0472. The average molecular weight is 406 g/mol. The summed E-state index contributed by atoms with van der Waals surface area (Å²) in [4.78, 5) is 6.93. The highest BCUT2D eigenvalue weighted by molar-refractivity contribution is 7.80. The summed E-state index contributed by atoms with van der Waals surface area (Å²) in [5.74, 6) is 0.